The number of aryl methyl sites for hydroxylation is 1. The lowest BCUT2D eigenvalue weighted by Crippen LogP contribution is -2.15. The van der Waals surface area contributed by atoms with Crippen molar-refractivity contribution in [2.45, 2.75) is 31.2 Å². The van der Waals surface area contributed by atoms with Crippen molar-refractivity contribution in [2.24, 2.45) is 12.8 Å². The molecule has 0 aliphatic heterocycles. The molecule has 1 fully saturated rings. The number of rotatable bonds is 2. The number of aromatic nitrogens is 5. The average molecular weight is 376 g/mol. The van der Waals surface area contributed by atoms with Gasteiger partial charge in [-0.2, -0.15) is 14.7 Å². The van der Waals surface area contributed by atoms with E-state index >= 15 is 0 Å². The summed E-state index contributed by atoms with van der Waals surface area (Å²) < 4.78 is 4.26. The highest BCUT2D eigenvalue weighted by Crippen LogP contribution is 2.39. The van der Waals surface area contributed by atoms with Gasteiger partial charge in [-0.3, -0.25) is 4.68 Å². The summed E-state index contributed by atoms with van der Waals surface area (Å²) in [5.41, 5.74) is 16.0. The Morgan fingerprint density at radius 2 is 2.09 bits per heavy atom. The van der Waals surface area contributed by atoms with Crippen LogP contribution in [0.25, 0.3) is 16.8 Å². The first-order chi connectivity index (χ1) is 11.0. The fourth-order valence-corrected chi connectivity index (χ4v) is 3.89. The van der Waals surface area contributed by atoms with Gasteiger partial charge in [-0.1, -0.05) is 0 Å². The minimum absolute atomic E-state index is 0.244. The van der Waals surface area contributed by atoms with E-state index in [0.717, 1.165) is 46.2 Å². The van der Waals surface area contributed by atoms with Gasteiger partial charge >= 0.3 is 0 Å². The SMILES string of the molecule is Cn1cc(-c2cnn3c(N)c(Br)c(C4CC[C@H](N)C4)nc23)cn1. The van der Waals surface area contributed by atoms with Crippen LogP contribution in [0.1, 0.15) is 30.9 Å². The predicted octanol–water partition coefficient (Wildman–Crippen LogP) is 2.07. The van der Waals surface area contributed by atoms with Crippen LogP contribution < -0.4 is 11.5 Å². The Morgan fingerprint density at radius 3 is 2.74 bits per heavy atom. The summed E-state index contributed by atoms with van der Waals surface area (Å²) in [6, 6.07) is 0.244. The van der Waals surface area contributed by atoms with Gasteiger partial charge in [0.1, 0.15) is 5.82 Å². The van der Waals surface area contributed by atoms with Crippen molar-refractivity contribution < 1.29 is 0 Å². The number of nitrogen functional groups attached to an aromatic ring is 1. The number of fused-ring (bicyclic) bond motifs is 1. The molecule has 1 aliphatic carbocycles. The minimum atomic E-state index is 0.244. The van der Waals surface area contributed by atoms with Crippen LogP contribution in [0.4, 0.5) is 5.82 Å². The van der Waals surface area contributed by atoms with E-state index in [1.54, 1.807) is 15.4 Å². The first-order valence-corrected chi connectivity index (χ1v) is 8.41. The van der Waals surface area contributed by atoms with Crippen LogP contribution in [0.3, 0.4) is 0 Å². The number of hydrogen-bond donors (Lipinski definition) is 2. The second kappa shape index (κ2) is 5.31. The van der Waals surface area contributed by atoms with E-state index < -0.39 is 0 Å². The molecule has 120 valence electrons. The largest absolute Gasteiger partial charge is 0.383 e. The summed E-state index contributed by atoms with van der Waals surface area (Å²) in [5, 5.41) is 8.61. The van der Waals surface area contributed by atoms with E-state index in [1.807, 2.05) is 19.4 Å². The zero-order valence-electron chi connectivity index (χ0n) is 12.8. The van der Waals surface area contributed by atoms with Crippen LogP contribution in [-0.2, 0) is 7.05 Å². The fourth-order valence-electron chi connectivity index (χ4n) is 3.31. The molecule has 3 heterocycles. The molecule has 3 aromatic heterocycles. The summed E-state index contributed by atoms with van der Waals surface area (Å²) in [6.07, 6.45) is 8.55. The van der Waals surface area contributed by atoms with Gasteiger partial charge in [0, 0.05) is 36.3 Å². The van der Waals surface area contributed by atoms with Crippen LogP contribution in [0.2, 0.25) is 0 Å². The predicted molar refractivity (Wildman–Crippen MR) is 91.9 cm³/mol. The molecule has 0 radical (unpaired) electrons. The van der Waals surface area contributed by atoms with Gasteiger partial charge in [0.05, 0.1) is 22.6 Å². The molecular weight excluding hydrogens is 358 g/mol. The summed E-state index contributed by atoms with van der Waals surface area (Å²) in [6.45, 7) is 0. The van der Waals surface area contributed by atoms with Gasteiger partial charge in [0.15, 0.2) is 5.65 Å². The number of halogens is 1. The summed E-state index contributed by atoms with van der Waals surface area (Å²) in [4.78, 5) is 4.88. The fraction of sp³-hybridized carbons (Fsp3) is 0.400. The Balaban J connectivity index is 1.90. The molecule has 3 aromatic rings. The minimum Gasteiger partial charge on any atom is -0.383 e. The van der Waals surface area contributed by atoms with Crippen molar-refractivity contribution in [3.63, 3.8) is 0 Å². The standard InChI is InChI=1S/C15H18BrN7/c1-22-7-9(5-19-22)11-6-20-23-14(18)12(16)13(21-15(11)23)8-2-3-10(17)4-8/h5-8,10H,2-4,17-18H2,1H3/t8?,10-/m0/s1. The van der Waals surface area contributed by atoms with E-state index in [1.165, 1.54) is 0 Å². The van der Waals surface area contributed by atoms with Gasteiger partial charge < -0.3 is 11.5 Å². The molecule has 0 saturated heterocycles. The zero-order chi connectivity index (χ0) is 16.1. The number of hydrogen-bond acceptors (Lipinski definition) is 5. The molecule has 23 heavy (non-hydrogen) atoms. The van der Waals surface area contributed by atoms with Crippen LogP contribution in [0, 0.1) is 0 Å². The van der Waals surface area contributed by atoms with Crippen LogP contribution >= 0.6 is 15.9 Å². The average Bonchev–Trinajstić information content (AvgIpc) is 3.22. The summed E-state index contributed by atoms with van der Waals surface area (Å²) in [5.74, 6) is 0.906. The maximum absolute atomic E-state index is 6.28. The Hall–Kier alpha value is -1.93. The molecule has 0 amide bonds. The van der Waals surface area contributed by atoms with Crippen molar-refractivity contribution in [3.8, 4) is 11.1 Å². The van der Waals surface area contributed by atoms with Gasteiger partial charge in [0.25, 0.3) is 0 Å². The second-order valence-electron chi connectivity index (χ2n) is 6.16. The molecule has 8 heteroatoms. The maximum atomic E-state index is 6.28. The molecule has 7 nitrogen and oxygen atoms in total. The molecule has 2 atom stereocenters. The first kappa shape index (κ1) is 14.6. The monoisotopic (exact) mass is 375 g/mol. The Kier molecular flexibility index (Phi) is 3.38. The third-order valence-electron chi connectivity index (χ3n) is 4.52. The normalized spacial score (nSPS) is 21.3. The lowest BCUT2D eigenvalue weighted by atomic mass is 10.0. The smallest absolute Gasteiger partial charge is 0.165 e. The highest BCUT2D eigenvalue weighted by molar-refractivity contribution is 9.10. The van der Waals surface area contributed by atoms with Crippen LogP contribution in [0.5, 0.6) is 0 Å². The molecular formula is C15H18BrN7. The van der Waals surface area contributed by atoms with Gasteiger partial charge in [0.2, 0.25) is 0 Å². The summed E-state index contributed by atoms with van der Waals surface area (Å²) in [7, 11) is 1.89. The topological polar surface area (TPSA) is 100 Å². The van der Waals surface area contributed by atoms with Gasteiger partial charge in [-0.05, 0) is 35.2 Å². The van der Waals surface area contributed by atoms with E-state index in [0.29, 0.717) is 11.7 Å². The van der Waals surface area contributed by atoms with Crippen molar-refractivity contribution in [1.29, 1.82) is 0 Å². The number of nitrogens with two attached hydrogens (primary N) is 2. The van der Waals surface area contributed by atoms with Crippen molar-refractivity contribution in [1.82, 2.24) is 24.4 Å². The highest BCUT2D eigenvalue weighted by Gasteiger charge is 2.28. The van der Waals surface area contributed by atoms with Crippen LogP contribution in [0.15, 0.2) is 23.1 Å². The highest BCUT2D eigenvalue weighted by atomic mass is 79.9. The van der Waals surface area contributed by atoms with Crippen molar-refractivity contribution >= 4 is 27.4 Å². The van der Waals surface area contributed by atoms with E-state index in [2.05, 4.69) is 26.1 Å². The molecule has 1 unspecified atom stereocenters. The van der Waals surface area contributed by atoms with E-state index in [9.17, 15) is 0 Å². The van der Waals surface area contributed by atoms with E-state index in [4.69, 9.17) is 16.5 Å². The summed E-state index contributed by atoms with van der Waals surface area (Å²) >= 11 is 3.60. The molecule has 0 aromatic carbocycles. The molecule has 4 rings (SSSR count). The van der Waals surface area contributed by atoms with Crippen molar-refractivity contribution in [3.05, 3.63) is 28.8 Å². The molecule has 0 bridgehead atoms. The van der Waals surface area contributed by atoms with Crippen molar-refractivity contribution in [2.75, 3.05) is 5.73 Å². The zero-order valence-corrected chi connectivity index (χ0v) is 14.4. The van der Waals surface area contributed by atoms with Gasteiger partial charge in [-0.15, -0.1) is 0 Å². The first-order valence-electron chi connectivity index (χ1n) is 7.61. The molecule has 1 saturated carbocycles. The third-order valence-corrected chi connectivity index (χ3v) is 5.34. The third kappa shape index (κ3) is 2.33. The van der Waals surface area contributed by atoms with E-state index in [-0.39, 0.29) is 6.04 Å². The Bertz CT molecular complexity index is 881. The van der Waals surface area contributed by atoms with Crippen LogP contribution in [-0.4, -0.2) is 30.4 Å². The lowest BCUT2D eigenvalue weighted by Gasteiger charge is -2.14. The second-order valence-corrected chi connectivity index (χ2v) is 6.96. The molecule has 0 spiro atoms. The maximum Gasteiger partial charge on any atom is 0.165 e. The van der Waals surface area contributed by atoms with Gasteiger partial charge in [-0.25, -0.2) is 4.98 Å². The lowest BCUT2D eigenvalue weighted by molar-refractivity contribution is 0.658. The molecule has 4 N–H and O–H groups in total. The molecule has 1 aliphatic rings. The Morgan fingerprint density at radius 1 is 1.26 bits per heavy atom. The Labute approximate surface area is 141 Å². The number of nitrogens with zero attached hydrogens (tertiary/aromatic N) is 5. The quantitative estimate of drug-likeness (QED) is 0.713. The number of anilines is 1.